The highest BCUT2D eigenvalue weighted by Crippen LogP contribution is 2.25. The molecule has 3 aromatic rings. The van der Waals surface area contributed by atoms with Gasteiger partial charge in [0, 0.05) is 10.6 Å². The molecule has 0 bridgehead atoms. The Morgan fingerprint density at radius 2 is 1.72 bits per heavy atom. The number of amides is 2. The Morgan fingerprint density at radius 3 is 2.44 bits per heavy atom. The number of nitrogens with one attached hydrogen (secondary N) is 2. The molecule has 2 amide bonds. The predicted molar refractivity (Wildman–Crippen MR) is 123 cm³/mol. The van der Waals surface area contributed by atoms with E-state index in [0.717, 1.165) is 0 Å². The highest BCUT2D eigenvalue weighted by atomic mass is 35.5. The van der Waals surface area contributed by atoms with Crippen LogP contribution in [0.5, 0.6) is 5.75 Å². The Labute approximate surface area is 194 Å². The van der Waals surface area contributed by atoms with Crippen molar-refractivity contribution < 1.29 is 18.7 Å². The minimum Gasteiger partial charge on any atom is -0.489 e. The smallest absolute Gasteiger partial charge is 0.329 e. The number of benzene rings is 3. The molecule has 3 aromatic carbocycles. The molecule has 0 aliphatic rings. The molecular formula is C23H18Cl2FN3O3. The summed E-state index contributed by atoms with van der Waals surface area (Å²) >= 11 is 11.8. The van der Waals surface area contributed by atoms with Crippen molar-refractivity contribution in [1.29, 1.82) is 0 Å². The van der Waals surface area contributed by atoms with Crippen LogP contribution in [-0.2, 0) is 16.2 Å². The summed E-state index contributed by atoms with van der Waals surface area (Å²) < 4.78 is 19.2. The van der Waals surface area contributed by atoms with Gasteiger partial charge >= 0.3 is 11.8 Å². The summed E-state index contributed by atoms with van der Waals surface area (Å²) in [5.74, 6) is -1.69. The van der Waals surface area contributed by atoms with Crippen LogP contribution in [0.15, 0.2) is 71.8 Å². The van der Waals surface area contributed by atoms with E-state index in [-0.39, 0.29) is 23.1 Å². The van der Waals surface area contributed by atoms with E-state index in [1.165, 1.54) is 18.2 Å². The fraction of sp³-hybridized carbons (Fsp3) is 0.0870. The van der Waals surface area contributed by atoms with Crippen LogP contribution in [-0.4, -0.2) is 17.5 Å². The molecule has 0 aliphatic carbocycles. The zero-order valence-corrected chi connectivity index (χ0v) is 18.4. The topological polar surface area (TPSA) is 79.8 Å². The summed E-state index contributed by atoms with van der Waals surface area (Å²) in [4.78, 5) is 24.1. The minimum atomic E-state index is -0.967. The third-order valence-corrected chi connectivity index (χ3v) is 4.90. The second-order valence-corrected chi connectivity index (χ2v) is 7.46. The lowest BCUT2D eigenvalue weighted by Crippen LogP contribution is -2.33. The van der Waals surface area contributed by atoms with Crippen molar-refractivity contribution >= 4 is 46.4 Å². The molecule has 164 valence electrons. The van der Waals surface area contributed by atoms with Crippen LogP contribution in [0.2, 0.25) is 10.0 Å². The van der Waals surface area contributed by atoms with Crippen molar-refractivity contribution in [1.82, 2.24) is 5.43 Å². The molecule has 2 N–H and O–H groups in total. The molecule has 9 heteroatoms. The monoisotopic (exact) mass is 473 g/mol. The summed E-state index contributed by atoms with van der Waals surface area (Å²) in [5.41, 5.74) is 4.02. The molecule has 0 heterocycles. The Hall–Kier alpha value is -3.42. The summed E-state index contributed by atoms with van der Waals surface area (Å²) in [6.07, 6.45) is 0. The van der Waals surface area contributed by atoms with Crippen LogP contribution in [0.3, 0.4) is 0 Å². The van der Waals surface area contributed by atoms with Gasteiger partial charge in [0.15, 0.2) is 0 Å². The number of nitrogens with zero attached hydrogens (tertiary/aromatic N) is 1. The number of carbonyl (C=O) groups is 2. The van der Waals surface area contributed by atoms with E-state index in [2.05, 4.69) is 15.8 Å². The summed E-state index contributed by atoms with van der Waals surface area (Å²) in [6.45, 7) is 1.77. The standard InChI is InChI=1S/C23H18Cl2FN3O3/c1-14(28-29-23(31)22(30)27-21-12-17(24)8-11-19(21)25)15-6-9-18(10-7-15)32-13-16-4-2-3-5-20(16)26/h2-12H,13H2,1H3,(H,27,30)(H,29,31)/b28-14+. The molecule has 32 heavy (non-hydrogen) atoms. The van der Waals surface area contributed by atoms with E-state index in [1.54, 1.807) is 55.5 Å². The zero-order chi connectivity index (χ0) is 23.1. The quantitative estimate of drug-likeness (QED) is 0.293. The predicted octanol–water partition coefficient (Wildman–Crippen LogP) is 5.19. The van der Waals surface area contributed by atoms with Crippen molar-refractivity contribution in [3.05, 3.63) is 93.7 Å². The van der Waals surface area contributed by atoms with Gasteiger partial charge in [-0.05, 0) is 61.0 Å². The molecule has 0 saturated heterocycles. The van der Waals surface area contributed by atoms with Gasteiger partial charge in [0.1, 0.15) is 18.2 Å². The Balaban J connectivity index is 1.55. The molecule has 0 saturated carbocycles. The van der Waals surface area contributed by atoms with Gasteiger partial charge in [-0.1, -0.05) is 41.4 Å². The number of halogens is 3. The normalized spacial score (nSPS) is 11.1. The molecule has 0 unspecified atom stereocenters. The molecule has 0 radical (unpaired) electrons. The SMILES string of the molecule is C/C(=N\NC(=O)C(=O)Nc1cc(Cl)ccc1Cl)c1ccc(OCc2ccccc2F)cc1. The lowest BCUT2D eigenvalue weighted by atomic mass is 10.1. The fourth-order valence-corrected chi connectivity index (χ4v) is 2.93. The van der Waals surface area contributed by atoms with Gasteiger partial charge in [0.05, 0.1) is 16.4 Å². The highest BCUT2D eigenvalue weighted by molar-refractivity contribution is 6.42. The van der Waals surface area contributed by atoms with Crippen LogP contribution < -0.4 is 15.5 Å². The highest BCUT2D eigenvalue weighted by Gasteiger charge is 2.15. The van der Waals surface area contributed by atoms with Crippen molar-refractivity contribution in [3.63, 3.8) is 0 Å². The molecule has 0 spiro atoms. The zero-order valence-electron chi connectivity index (χ0n) is 16.9. The van der Waals surface area contributed by atoms with Gasteiger partial charge in [-0.2, -0.15) is 5.10 Å². The first-order valence-corrected chi connectivity index (χ1v) is 10.2. The average Bonchev–Trinajstić information content (AvgIpc) is 2.79. The van der Waals surface area contributed by atoms with E-state index >= 15 is 0 Å². The number of hydrazone groups is 1. The molecule has 0 atom stereocenters. The summed E-state index contributed by atoms with van der Waals surface area (Å²) in [7, 11) is 0. The van der Waals surface area contributed by atoms with Crippen LogP contribution in [0.4, 0.5) is 10.1 Å². The molecule has 0 fully saturated rings. The maximum Gasteiger partial charge on any atom is 0.329 e. The van der Waals surface area contributed by atoms with Crippen LogP contribution in [0.1, 0.15) is 18.1 Å². The number of ether oxygens (including phenoxy) is 1. The number of carbonyl (C=O) groups excluding carboxylic acids is 2. The van der Waals surface area contributed by atoms with Crippen molar-refractivity contribution in [2.45, 2.75) is 13.5 Å². The van der Waals surface area contributed by atoms with Crippen LogP contribution in [0.25, 0.3) is 0 Å². The summed E-state index contributed by atoms with van der Waals surface area (Å²) in [5, 5.41) is 6.92. The number of anilines is 1. The minimum absolute atomic E-state index is 0.0981. The largest absolute Gasteiger partial charge is 0.489 e. The first kappa shape index (κ1) is 23.2. The van der Waals surface area contributed by atoms with Crippen molar-refractivity contribution in [3.8, 4) is 5.75 Å². The third-order valence-electron chi connectivity index (χ3n) is 4.33. The van der Waals surface area contributed by atoms with Gasteiger partial charge in [-0.15, -0.1) is 0 Å². The number of hydrogen-bond acceptors (Lipinski definition) is 4. The van der Waals surface area contributed by atoms with E-state index in [0.29, 0.717) is 27.6 Å². The second-order valence-electron chi connectivity index (χ2n) is 6.62. The third kappa shape index (κ3) is 6.29. The Kier molecular flexibility index (Phi) is 7.81. The van der Waals surface area contributed by atoms with Crippen LogP contribution >= 0.6 is 23.2 Å². The Bertz CT molecular complexity index is 1170. The van der Waals surface area contributed by atoms with Gasteiger partial charge in [-0.3, -0.25) is 9.59 Å². The van der Waals surface area contributed by atoms with Crippen LogP contribution in [0, 0.1) is 5.82 Å². The Morgan fingerprint density at radius 1 is 1.00 bits per heavy atom. The first-order valence-electron chi connectivity index (χ1n) is 9.41. The number of rotatable bonds is 6. The van der Waals surface area contributed by atoms with Gasteiger partial charge in [-0.25, -0.2) is 9.82 Å². The lowest BCUT2D eigenvalue weighted by molar-refractivity contribution is -0.136. The first-order chi connectivity index (χ1) is 15.3. The van der Waals surface area contributed by atoms with Crippen molar-refractivity contribution in [2.24, 2.45) is 5.10 Å². The molecular weight excluding hydrogens is 456 g/mol. The molecule has 0 aromatic heterocycles. The van der Waals surface area contributed by atoms with E-state index in [4.69, 9.17) is 27.9 Å². The molecule has 3 rings (SSSR count). The number of hydrogen-bond donors (Lipinski definition) is 2. The lowest BCUT2D eigenvalue weighted by Gasteiger charge is -2.09. The maximum atomic E-state index is 13.7. The second kappa shape index (κ2) is 10.7. The van der Waals surface area contributed by atoms with E-state index in [1.807, 2.05) is 0 Å². The molecule has 0 aliphatic heterocycles. The molecule has 6 nitrogen and oxygen atoms in total. The average molecular weight is 474 g/mol. The van der Waals surface area contributed by atoms with Gasteiger partial charge < -0.3 is 10.1 Å². The summed E-state index contributed by atoms with van der Waals surface area (Å²) in [6, 6.07) is 17.7. The van der Waals surface area contributed by atoms with E-state index in [9.17, 15) is 14.0 Å². The van der Waals surface area contributed by atoms with Gasteiger partial charge in [0.2, 0.25) is 0 Å². The fourth-order valence-electron chi connectivity index (χ4n) is 2.59. The van der Waals surface area contributed by atoms with E-state index < -0.39 is 11.8 Å². The van der Waals surface area contributed by atoms with Crippen molar-refractivity contribution in [2.75, 3.05) is 5.32 Å². The van der Waals surface area contributed by atoms with Gasteiger partial charge in [0.25, 0.3) is 0 Å². The maximum absolute atomic E-state index is 13.7.